The van der Waals surface area contributed by atoms with Crippen LogP contribution in [0.4, 0.5) is 0 Å². The molecule has 0 spiro atoms. The first-order valence-electron chi connectivity index (χ1n) is 7.62. The van der Waals surface area contributed by atoms with Gasteiger partial charge in [0.25, 0.3) is 0 Å². The molecule has 1 aliphatic heterocycles. The van der Waals surface area contributed by atoms with Crippen LogP contribution in [-0.4, -0.2) is 54.1 Å². The molecular weight excluding hydrogens is 264 g/mol. The number of carbonyl (C=O) groups excluding carboxylic acids is 1. The summed E-state index contributed by atoms with van der Waals surface area (Å²) in [4.78, 5) is 16.4. The van der Waals surface area contributed by atoms with Gasteiger partial charge in [0.1, 0.15) is 6.61 Å². The van der Waals surface area contributed by atoms with Crippen LogP contribution in [0.15, 0.2) is 30.3 Å². The lowest BCUT2D eigenvalue weighted by molar-refractivity contribution is -0.142. The van der Waals surface area contributed by atoms with Crippen LogP contribution >= 0.6 is 0 Å². The standard InChI is InChI=1S/C17H26N2O2/c1-17(2,3)21-14-16(20)19-11-9-18(10-12-19)13-15-7-5-4-6-8-15/h4-8H,9-14H2,1-3H3. The Labute approximate surface area is 127 Å². The van der Waals surface area contributed by atoms with E-state index in [4.69, 9.17) is 4.74 Å². The second-order valence-electron chi connectivity index (χ2n) is 6.54. The Bertz CT molecular complexity index is 446. The fourth-order valence-electron chi connectivity index (χ4n) is 2.37. The third kappa shape index (κ3) is 5.48. The monoisotopic (exact) mass is 290 g/mol. The molecule has 0 aromatic heterocycles. The van der Waals surface area contributed by atoms with E-state index in [-0.39, 0.29) is 18.1 Å². The minimum absolute atomic E-state index is 0.101. The number of ether oxygens (including phenoxy) is 1. The third-order valence-corrected chi connectivity index (χ3v) is 3.60. The van der Waals surface area contributed by atoms with E-state index in [1.807, 2.05) is 31.7 Å². The van der Waals surface area contributed by atoms with Crippen LogP contribution in [0.3, 0.4) is 0 Å². The van der Waals surface area contributed by atoms with Gasteiger partial charge in [0.15, 0.2) is 0 Å². The van der Waals surface area contributed by atoms with Crippen LogP contribution < -0.4 is 0 Å². The first-order chi connectivity index (χ1) is 9.94. The molecule has 2 rings (SSSR count). The number of hydrogen-bond donors (Lipinski definition) is 0. The molecule has 4 nitrogen and oxygen atoms in total. The lowest BCUT2D eigenvalue weighted by Crippen LogP contribution is -2.49. The number of piperazine rings is 1. The molecule has 0 aliphatic carbocycles. The summed E-state index contributed by atoms with van der Waals surface area (Å²) in [5, 5.41) is 0. The number of hydrogen-bond acceptors (Lipinski definition) is 3. The topological polar surface area (TPSA) is 32.8 Å². The van der Waals surface area contributed by atoms with Crippen LogP contribution in [0.1, 0.15) is 26.3 Å². The van der Waals surface area contributed by atoms with Crippen molar-refractivity contribution in [1.82, 2.24) is 9.80 Å². The maximum absolute atomic E-state index is 12.1. The largest absolute Gasteiger partial charge is 0.366 e. The molecule has 4 heteroatoms. The summed E-state index contributed by atoms with van der Waals surface area (Å²) < 4.78 is 5.56. The lowest BCUT2D eigenvalue weighted by atomic mass is 10.2. The zero-order chi connectivity index (χ0) is 15.3. The Hall–Kier alpha value is -1.39. The first kappa shape index (κ1) is 16.0. The molecule has 1 heterocycles. The van der Waals surface area contributed by atoms with Gasteiger partial charge in [-0.2, -0.15) is 0 Å². The van der Waals surface area contributed by atoms with E-state index in [1.54, 1.807) is 0 Å². The highest BCUT2D eigenvalue weighted by Crippen LogP contribution is 2.10. The Morgan fingerprint density at radius 3 is 2.29 bits per heavy atom. The van der Waals surface area contributed by atoms with E-state index in [0.717, 1.165) is 32.7 Å². The molecule has 0 N–H and O–H groups in total. The maximum Gasteiger partial charge on any atom is 0.248 e. The van der Waals surface area contributed by atoms with Gasteiger partial charge in [0.05, 0.1) is 5.60 Å². The second kappa shape index (κ2) is 7.05. The van der Waals surface area contributed by atoms with E-state index in [2.05, 4.69) is 29.2 Å². The van der Waals surface area contributed by atoms with Crippen molar-refractivity contribution in [3.63, 3.8) is 0 Å². The van der Waals surface area contributed by atoms with E-state index in [0.29, 0.717) is 0 Å². The summed E-state index contributed by atoms with van der Waals surface area (Å²) >= 11 is 0. The van der Waals surface area contributed by atoms with Crippen molar-refractivity contribution < 1.29 is 9.53 Å². The highest BCUT2D eigenvalue weighted by atomic mass is 16.5. The smallest absolute Gasteiger partial charge is 0.248 e. The van der Waals surface area contributed by atoms with Gasteiger partial charge < -0.3 is 9.64 Å². The lowest BCUT2D eigenvalue weighted by Gasteiger charge is -2.35. The highest BCUT2D eigenvalue weighted by molar-refractivity contribution is 5.77. The van der Waals surface area contributed by atoms with Gasteiger partial charge in [-0.05, 0) is 26.3 Å². The molecule has 1 amide bonds. The molecule has 1 aromatic rings. The van der Waals surface area contributed by atoms with Gasteiger partial charge >= 0.3 is 0 Å². The summed E-state index contributed by atoms with van der Waals surface area (Å²) in [6.07, 6.45) is 0. The van der Waals surface area contributed by atoms with Gasteiger partial charge in [0.2, 0.25) is 5.91 Å². The van der Waals surface area contributed by atoms with Crippen molar-refractivity contribution in [3.05, 3.63) is 35.9 Å². The normalized spacial score (nSPS) is 17.0. The number of amides is 1. The third-order valence-electron chi connectivity index (χ3n) is 3.60. The number of rotatable bonds is 4. The molecule has 116 valence electrons. The van der Waals surface area contributed by atoms with Crippen molar-refractivity contribution in [3.8, 4) is 0 Å². The fourth-order valence-corrected chi connectivity index (χ4v) is 2.37. The number of benzene rings is 1. The Balaban J connectivity index is 1.74. The summed E-state index contributed by atoms with van der Waals surface area (Å²) in [6, 6.07) is 10.5. The van der Waals surface area contributed by atoms with Crippen LogP contribution in [0, 0.1) is 0 Å². The van der Waals surface area contributed by atoms with Crippen molar-refractivity contribution in [2.45, 2.75) is 32.9 Å². The quantitative estimate of drug-likeness (QED) is 0.852. The molecule has 21 heavy (non-hydrogen) atoms. The van der Waals surface area contributed by atoms with Gasteiger partial charge in [-0.25, -0.2) is 0 Å². The molecule has 0 bridgehead atoms. The number of nitrogens with zero attached hydrogens (tertiary/aromatic N) is 2. The van der Waals surface area contributed by atoms with E-state index >= 15 is 0 Å². The zero-order valence-electron chi connectivity index (χ0n) is 13.3. The Morgan fingerprint density at radius 1 is 1.10 bits per heavy atom. The zero-order valence-corrected chi connectivity index (χ0v) is 13.3. The van der Waals surface area contributed by atoms with E-state index < -0.39 is 0 Å². The maximum atomic E-state index is 12.1. The first-order valence-corrected chi connectivity index (χ1v) is 7.62. The van der Waals surface area contributed by atoms with Crippen molar-refractivity contribution in [1.29, 1.82) is 0 Å². The van der Waals surface area contributed by atoms with Crippen molar-refractivity contribution in [2.24, 2.45) is 0 Å². The predicted octanol–water partition coefficient (Wildman–Crippen LogP) is 2.15. The van der Waals surface area contributed by atoms with E-state index in [1.165, 1.54) is 5.56 Å². The summed E-state index contributed by atoms with van der Waals surface area (Å²) in [7, 11) is 0. The van der Waals surface area contributed by atoms with Crippen molar-refractivity contribution in [2.75, 3.05) is 32.8 Å². The average Bonchev–Trinajstić information content (AvgIpc) is 2.46. The fraction of sp³-hybridized carbons (Fsp3) is 0.588. The van der Waals surface area contributed by atoms with Crippen LogP contribution in [0.2, 0.25) is 0 Å². The molecule has 0 radical (unpaired) electrons. The molecule has 1 saturated heterocycles. The predicted molar refractivity (Wildman–Crippen MR) is 84.0 cm³/mol. The Kier molecular flexibility index (Phi) is 5.37. The second-order valence-corrected chi connectivity index (χ2v) is 6.54. The van der Waals surface area contributed by atoms with Gasteiger partial charge in [-0.3, -0.25) is 9.69 Å². The molecular formula is C17H26N2O2. The SMILES string of the molecule is CC(C)(C)OCC(=O)N1CCN(Cc2ccccc2)CC1. The minimum Gasteiger partial charge on any atom is -0.366 e. The van der Waals surface area contributed by atoms with Gasteiger partial charge in [-0.1, -0.05) is 30.3 Å². The molecule has 1 aliphatic rings. The van der Waals surface area contributed by atoms with Gasteiger partial charge in [-0.15, -0.1) is 0 Å². The van der Waals surface area contributed by atoms with Crippen LogP contribution in [0.5, 0.6) is 0 Å². The summed E-state index contributed by atoms with van der Waals surface area (Å²) in [6.45, 7) is 10.5. The molecule has 1 fully saturated rings. The average molecular weight is 290 g/mol. The van der Waals surface area contributed by atoms with Crippen molar-refractivity contribution >= 4 is 5.91 Å². The summed E-state index contributed by atoms with van der Waals surface area (Å²) in [5.41, 5.74) is 1.07. The highest BCUT2D eigenvalue weighted by Gasteiger charge is 2.22. The summed E-state index contributed by atoms with van der Waals surface area (Å²) in [5.74, 6) is 0.101. The molecule has 0 saturated carbocycles. The van der Waals surface area contributed by atoms with Crippen LogP contribution in [-0.2, 0) is 16.1 Å². The van der Waals surface area contributed by atoms with E-state index in [9.17, 15) is 4.79 Å². The van der Waals surface area contributed by atoms with Gasteiger partial charge in [0, 0.05) is 32.7 Å². The number of carbonyl (C=O) groups is 1. The molecule has 1 aromatic carbocycles. The molecule has 0 unspecified atom stereocenters. The minimum atomic E-state index is -0.259. The van der Waals surface area contributed by atoms with Crippen LogP contribution in [0.25, 0.3) is 0 Å². The molecule has 0 atom stereocenters. The Morgan fingerprint density at radius 2 is 1.71 bits per heavy atom.